The van der Waals surface area contributed by atoms with Gasteiger partial charge in [0.05, 0.1) is 5.92 Å². The van der Waals surface area contributed by atoms with Gasteiger partial charge in [0.2, 0.25) is 0 Å². The van der Waals surface area contributed by atoms with Crippen molar-refractivity contribution in [1.82, 2.24) is 15.0 Å². The summed E-state index contributed by atoms with van der Waals surface area (Å²) in [6.07, 6.45) is 4.90. The zero-order valence-corrected chi connectivity index (χ0v) is 7.70. The fraction of sp³-hybridized carbons (Fsp3) is 0.444. The van der Waals surface area contributed by atoms with Crippen molar-refractivity contribution in [3.05, 3.63) is 18.5 Å². The third-order valence-corrected chi connectivity index (χ3v) is 2.38. The van der Waals surface area contributed by atoms with Crippen molar-refractivity contribution in [3.63, 3.8) is 0 Å². The van der Waals surface area contributed by atoms with Crippen LogP contribution >= 0.6 is 0 Å². The molecule has 2 rings (SSSR count). The first-order valence-electron chi connectivity index (χ1n) is 4.53. The van der Waals surface area contributed by atoms with E-state index in [1.54, 1.807) is 0 Å². The number of nitrogens with zero attached hydrogens (tertiary/aromatic N) is 3. The normalized spacial score (nSPS) is 22.4. The molecule has 1 heterocycles. The minimum absolute atomic E-state index is 0.00731. The van der Waals surface area contributed by atoms with Gasteiger partial charge in [0.25, 0.3) is 0 Å². The summed E-state index contributed by atoms with van der Waals surface area (Å²) in [6.45, 7) is 0. The average Bonchev–Trinajstić information content (AvgIpc) is 2.19. The molecule has 0 radical (unpaired) electrons. The van der Waals surface area contributed by atoms with Crippen molar-refractivity contribution < 1.29 is 0 Å². The number of aromatic nitrogens is 3. The molecule has 0 spiro atoms. The molecule has 1 saturated carbocycles. The summed E-state index contributed by atoms with van der Waals surface area (Å²) in [4.78, 5) is 11.8. The second-order valence-corrected chi connectivity index (χ2v) is 3.39. The van der Waals surface area contributed by atoms with Gasteiger partial charge in [0, 0.05) is 17.8 Å². The molecular formula is C9H11N5. The Morgan fingerprint density at radius 1 is 1.21 bits per heavy atom. The maximum Gasteiger partial charge on any atom is 0.140 e. The summed E-state index contributed by atoms with van der Waals surface area (Å²) in [5, 5.41) is 15.3. The van der Waals surface area contributed by atoms with Gasteiger partial charge in [-0.2, -0.15) is 0 Å². The van der Waals surface area contributed by atoms with E-state index in [1.165, 1.54) is 12.7 Å². The number of nitrogens with one attached hydrogen (secondary N) is 2. The SMILES string of the molecule is N=C1CCC(c2ncncn2)C(=N)C1. The van der Waals surface area contributed by atoms with Crippen LogP contribution in [0, 0.1) is 10.8 Å². The lowest BCUT2D eigenvalue weighted by molar-refractivity contribution is 0.702. The predicted molar refractivity (Wildman–Crippen MR) is 51.9 cm³/mol. The van der Waals surface area contributed by atoms with Gasteiger partial charge >= 0.3 is 0 Å². The number of hydrogen-bond acceptors (Lipinski definition) is 5. The molecule has 2 N–H and O–H groups in total. The van der Waals surface area contributed by atoms with Crippen molar-refractivity contribution in [3.8, 4) is 0 Å². The van der Waals surface area contributed by atoms with Crippen LogP contribution in [0.2, 0.25) is 0 Å². The van der Waals surface area contributed by atoms with Crippen LogP contribution in [0.5, 0.6) is 0 Å². The van der Waals surface area contributed by atoms with Crippen LogP contribution in [0.1, 0.15) is 31.0 Å². The van der Waals surface area contributed by atoms with E-state index in [0.717, 1.165) is 12.8 Å². The molecule has 0 amide bonds. The summed E-state index contributed by atoms with van der Waals surface area (Å²) in [7, 11) is 0. The van der Waals surface area contributed by atoms with Gasteiger partial charge in [-0.15, -0.1) is 0 Å². The van der Waals surface area contributed by atoms with Crippen LogP contribution in [-0.2, 0) is 0 Å². The van der Waals surface area contributed by atoms with Crippen LogP contribution in [0.3, 0.4) is 0 Å². The summed E-state index contributed by atoms with van der Waals surface area (Å²) in [5.41, 5.74) is 1.19. The molecule has 1 aliphatic rings. The lowest BCUT2D eigenvalue weighted by atomic mass is 9.85. The van der Waals surface area contributed by atoms with E-state index in [1.807, 2.05) is 0 Å². The second kappa shape index (κ2) is 3.61. The summed E-state index contributed by atoms with van der Waals surface area (Å²) in [6, 6.07) is 0. The highest BCUT2D eigenvalue weighted by atomic mass is 15.0. The Labute approximate surface area is 81.6 Å². The first kappa shape index (κ1) is 8.93. The van der Waals surface area contributed by atoms with Gasteiger partial charge in [0.1, 0.15) is 18.5 Å². The van der Waals surface area contributed by atoms with Crippen LogP contribution < -0.4 is 0 Å². The van der Waals surface area contributed by atoms with E-state index < -0.39 is 0 Å². The Morgan fingerprint density at radius 3 is 2.57 bits per heavy atom. The Hall–Kier alpha value is -1.65. The smallest absolute Gasteiger partial charge is 0.140 e. The molecule has 1 atom stereocenters. The molecule has 0 aliphatic heterocycles. The number of rotatable bonds is 1. The summed E-state index contributed by atoms with van der Waals surface area (Å²) in [5.74, 6) is 0.657. The molecule has 0 aromatic carbocycles. The highest BCUT2D eigenvalue weighted by Crippen LogP contribution is 2.25. The predicted octanol–water partition coefficient (Wildman–Crippen LogP) is 1.18. The maximum atomic E-state index is 7.77. The third kappa shape index (κ3) is 1.66. The number of hydrogen-bond donors (Lipinski definition) is 2. The van der Waals surface area contributed by atoms with Crippen molar-refractivity contribution in [2.24, 2.45) is 0 Å². The maximum absolute atomic E-state index is 7.77. The first-order valence-corrected chi connectivity index (χ1v) is 4.53. The van der Waals surface area contributed by atoms with E-state index >= 15 is 0 Å². The molecule has 0 bridgehead atoms. The van der Waals surface area contributed by atoms with Gasteiger partial charge in [-0.3, -0.25) is 0 Å². The van der Waals surface area contributed by atoms with E-state index in [2.05, 4.69) is 15.0 Å². The quantitative estimate of drug-likeness (QED) is 0.695. The minimum Gasteiger partial charge on any atom is -0.309 e. The van der Waals surface area contributed by atoms with Crippen LogP contribution in [-0.4, -0.2) is 26.4 Å². The fourth-order valence-corrected chi connectivity index (χ4v) is 1.65. The van der Waals surface area contributed by atoms with Gasteiger partial charge in [0.15, 0.2) is 0 Å². The van der Waals surface area contributed by atoms with Crippen molar-refractivity contribution in [2.75, 3.05) is 0 Å². The molecule has 1 fully saturated rings. The average molecular weight is 189 g/mol. The fourth-order valence-electron chi connectivity index (χ4n) is 1.65. The highest BCUT2D eigenvalue weighted by molar-refractivity contribution is 6.06. The minimum atomic E-state index is -0.00731. The molecule has 14 heavy (non-hydrogen) atoms. The zero-order chi connectivity index (χ0) is 9.97. The summed E-state index contributed by atoms with van der Waals surface area (Å²) < 4.78 is 0. The Kier molecular flexibility index (Phi) is 2.30. The molecule has 1 aromatic heterocycles. The molecule has 72 valence electrons. The Morgan fingerprint density at radius 2 is 1.93 bits per heavy atom. The lowest BCUT2D eigenvalue weighted by Crippen LogP contribution is -2.23. The van der Waals surface area contributed by atoms with Crippen LogP contribution in [0.25, 0.3) is 0 Å². The third-order valence-electron chi connectivity index (χ3n) is 2.38. The molecule has 1 aliphatic carbocycles. The van der Waals surface area contributed by atoms with Gasteiger partial charge < -0.3 is 10.8 Å². The molecule has 1 aromatic rings. The molecule has 0 saturated heterocycles. The van der Waals surface area contributed by atoms with Crippen LogP contribution in [0.15, 0.2) is 12.7 Å². The lowest BCUT2D eigenvalue weighted by Gasteiger charge is -2.21. The zero-order valence-electron chi connectivity index (χ0n) is 7.70. The summed E-state index contributed by atoms with van der Waals surface area (Å²) >= 11 is 0. The van der Waals surface area contributed by atoms with Gasteiger partial charge in [-0.1, -0.05) is 0 Å². The first-order chi connectivity index (χ1) is 6.77. The van der Waals surface area contributed by atoms with E-state index in [4.69, 9.17) is 10.8 Å². The second-order valence-electron chi connectivity index (χ2n) is 3.39. The monoisotopic (exact) mass is 189 g/mol. The van der Waals surface area contributed by atoms with E-state index in [-0.39, 0.29) is 5.92 Å². The standard InChI is InChI=1S/C9H11N5/c10-6-1-2-7(8(11)3-6)9-13-4-12-5-14-9/h4-5,7,10-11H,1-3H2. The van der Waals surface area contributed by atoms with Crippen molar-refractivity contribution >= 4 is 11.4 Å². The molecule has 5 heteroatoms. The largest absolute Gasteiger partial charge is 0.309 e. The van der Waals surface area contributed by atoms with Crippen molar-refractivity contribution in [2.45, 2.75) is 25.2 Å². The van der Waals surface area contributed by atoms with Crippen molar-refractivity contribution in [1.29, 1.82) is 10.8 Å². The highest BCUT2D eigenvalue weighted by Gasteiger charge is 2.25. The Bertz CT molecular complexity index is 359. The molecular weight excluding hydrogens is 178 g/mol. The Balaban J connectivity index is 2.20. The van der Waals surface area contributed by atoms with Gasteiger partial charge in [-0.25, -0.2) is 15.0 Å². The molecule has 5 nitrogen and oxygen atoms in total. The van der Waals surface area contributed by atoms with E-state index in [0.29, 0.717) is 23.7 Å². The molecule has 1 unspecified atom stereocenters. The topological polar surface area (TPSA) is 86.4 Å². The van der Waals surface area contributed by atoms with Crippen LogP contribution in [0.4, 0.5) is 0 Å². The van der Waals surface area contributed by atoms with E-state index in [9.17, 15) is 0 Å². The van der Waals surface area contributed by atoms with Gasteiger partial charge in [-0.05, 0) is 12.8 Å².